The van der Waals surface area contributed by atoms with Crippen LogP contribution < -0.4 is 0 Å². The maximum absolute atomic E-state index is 5.51. The van der Waals surface area contributed by atoms with E-state index in [-0.39, 0.29) is 0 Å². The number of nitrogens with zero attached hydrogens (tertiary/aromatic N) is 2. The van der Waals surface area contributed by atoms with Crippen molar-refractivity contribution in [2.75, 3.05) is 13.2 Å². The minimum Gasteiger partial charge on any atom is -0.374 e. The van der Waals surface area contributed by atoms with E-state index < -0.39 is 0 Å². The first-order valence-corrected chi connectivity index (χ1v) is 6.79. The average molecular weight is 358 g/mol. The molecule has 1 aromatic heterocycles. The molecule has 0 radical (unpaired) electrons. The molecule has 18 heavy (non-hydrogen) atoms. The quantitative estimate of drug-likeness (QED) is 0.564. The van der Waals surface area contributed by atoms with Crippen LogP contribution in [0.15, 0.2) is 42.9 Å². The monoisotopic (exact) mass is 358 g/mol. The molecule has 0 amide bonds. The third-order valence-corrected chi connectivity index (χ3v) is 2.88. The Morgan fingerprint density at radius 3 is 2.61 bits per heavy atom. The molecule has 0 atom stereocenters. The molecule has 1 heterocycles. The van der Waals surface area contributed by atoms with Gasteiger partial charge in [0.05, 0.1) is 26.1 Å². The van der Waals surface area contributed by atoms with Gasteiger partial charge in [0, 0.05) is 6.20 Å². The molecule has 0 unspecified atom stereocenters. The van der Waals surface area contributed by atoms with Crippen molar-refractivity contribution in [1.29, 1.82) is 0 Å². The fourth-order valence-corrected chi connectivity index (χ4v) is 1.94. The van der Waals surface area contributed by atoms with Gasteiger partial charge in [-0.1, -0.05) is 30.3 Å². The van der Waals surface area contributed by atoms with E-state index in [1.54, 1.807) is 6.33 Å². The maximum atomic E-state index is 5.51. The summed E-state index contributed by atoms with van der Waals surface area (Å²) >= 11 is 2.17. The first kappa shape index (κ1) is 13.5. The van der Waals surface area contributed by atoms with Crippen LogP contribution >= 0.6 is 22.6 Å². The minimum absolute atomic E-state index is 0.519. The highest BCUT2D eigenvalue weighted by Crippen LogP contribution is 2.01. The summed E-state index contributed by atoms with van der Waals surface area (Å²) in [7, 11) is 0. The second-order valence-corrected chi connectivity index (χ2v) is 4.89. The number of benzene rings is 1. The summed E-state index contributed by atoms with van der Waals surface area (Å²) in [5, 5.41) is 0. The average Bonchev–Trinajstić information content (AvgIpc) is 2.81. The lowest BCUT2D eigenvalue weighted by atomic mass is 10.2. The van der Waals surface area contributed by atoms with Crippen LogP contribution in [-0.4, -0.2) is 22.8 Å². The van der Waals surface area contributed by atoms with Gasteiger partial charge in [-0.3, -0.25) is 0 Å². The number of rotatable bonds is 7. The summed E-state index contributed by atoms with van der Waals surface area (Å²) in [6.07, 6.45) is 3.69. The molecule has 0 spiro atoms. The fourth-order valence-electron chi connectivity index (χ4n) is 1.46. The largest absolute Gasteiger partial charge is 0.374 e. The Bertz CT molecular complexity index is 459. The van der Waals surface area contributed by atoms with Crippen LogP contribution in [0.25, 0.3) is 0 Å². The van der Waals surface area contributed by atoms with Crippen LogP contribution in [0.4, 0.5) is 0 Å². The maximum Gasteiger partial charge on any atom is 0.123 e. The molecule has 0 saturated heterocycles. The molecular weight excluding hydrogens is 343 g/mol. The Balaban J connectivity index is 1.54. The molecule has 5 heteroatoms. The van der Waals surface area contributed by atoms with Crippen LogP contribution in [-0.2, 0) is 22.8 Å². The summed E-state index contributed by atoms with van der Waals surface area (Å²) < 4.78 is 13.8. The zero-order chi connectivity index (χ0) is 12.6. The Morgan fingerprint density at radius 1 is 1.11 bits per heavy atom. The molecule has 0 fully saturated rings. The zero-order valence-corrected chi connectivity index (χ0v) is 12.1. The topological polar surface area (TPSA) is 36.3 Å². The van der Waals surface area contributed by atoms with E-state index in [9.17, 15) is 0 Å². The lowest BCUT2D eigenvalue weighted by Crippen LogP contribution is -2.07. The van der Waals surface area contributed by atoms with E-state index in [1.165, 1.54) is 5.56 Å². The van der Waals surface area contributed by atoms with Gasteiger partial charge in [-0.05, 0) is 28.2 Å². The molecule has 0 aliphatic heterocycles. The minimum atomic E-state index is 0.519. The summed E-state index contributed by atoms with van der Waals surface area (Å²) in [4.78, 5) is 4.11. The van der Waals surface area contributed by atoms with Crippen molar-refractivity contribution in [2.45, 2.75) is 13.3 Å². The Kier molecular flexibility index (Phi) is 5.63. The molecule has 96 valence electrons. The number of hydrogen-bond donors (Lipinski definition) is 0. The van der Waals surface area contributed by atoms with Crippen molar-refractivity contribution in [2.24, 2.45) is 0 Å². The lowest BCUT2D eigenvalue weighted by molar-refractivity contribution is 0.0136. The van der Waals surface area contributed by atoms with Crippen molar-refractivity contribution in [1.82, 2.24) is 9.55 Å². The predicted octanol–water partition coefficient (Wildman–Crippen LogP) is 2.68. The van der Waals surface area contributed by atoms with Crippen LogP contribution in [0.5, 0.6) is 0 Å². The third-order valence-electron chi connectivity index (χ3n) is 2.33. The summed E-state index contributed by atoms with van der Waals surface area (Å²) in [5.41, 5.74) is 1.18. The van der Waals surface area contributed by atoms with E-state index >= 15 is 0 Å². The molecule has 1 aromatic carbocycles. The SMILES string of the molecule is Ic1cn(COCCOCc2ccccc2)cn1. The molecular formula is C13H15IN2O2. The van der Waals surface area contributed by atoms with E-state index in [2.05, 4.69) is 27.6 Å². The van der Waals surface area contributed by atoms with Gasteiger partial charge in [0.1, 0.15) is 10.4 Å². The van der Waals surface area contributed by atoms with Gasteiger partial charge in [-0.15, -0.1) is 0 Å². The van der Waals surface area contributed by atoms with Crippen molar-refractivity contribution >= 4 is 22.6 Å². The number of aromatic nitrogens is 2. The number of imidazole rings is 1. The Hall–Kier alpha value is -0.920. The molecule has 4 nitrogen and oxygen atoms in total. The van der Waals surface area contributed by atoms with E-state index in [1.807, 2.05) is 41.1 Å². The van der Waals surface area contributed by atoms with E-state index in [0.29, 0.717) is 26.6 Å². The second-order valence-electron chi connectivity index (χ2n) is 3.79. The van der Waals surface area contributed by atoms with Crippen molar-refractivity contribution in [3.63, 3.8) is 0 Å². The van der Waals surface area contributed by atoms with Crippen molar-refractivity contribution in [3.8, 4) is 0 Å². The number of halogens is 1. The molecule has 0 N–H and O–H groups in total. The van der Waals surface area contributed by atoms with Gasteiger partial charge in [0.15, 0.2) is 0 Å². The van der Waals surface area contributed by atoms with Gasteiger partial charge >= 0.3 is 0 Å². The van der Waals surface area contributed by atoms with Crippen LogP contribution in [0.2, 0.25) is 0 Å². The molecule has 0 bridgehead atoms. The Labute approximate surface area is 120 Å². The van der Waals surface area contributed by atoms with E-state index in [4.69, 9.17) is 9.47 Å². The van der Waals surface area contributed by atoms with Crippen LogP contribution in [0, 0.1) is 3.70 Å². The molecule has 2 rings (SSSR count). The molecule has 0 aliphatic rings. The molecule has 2 aromatic rings. The predicted molar refractivity (Wildman–Crippen MR) is 77.0 cm³/mol. The van der Waals surface area contributed by atoms with Gasteiger partial charge in [-0.25, -0.2) is 4.98 Å². The normalized spacial score (nSPS) is 10.7. The summed E-state index contributed by atoms with van der Waals surface area (Å²) in [6, 6.07) is 10.1. The molecule has 0 saturated carbocycles. The van der Waals surface area contributed by atoms with Gasteiger partial charge < -0.3 is 14.0 Å². The van der Waals surface area contributed by atoms with Gasteiger partial charge in [0.2, 0.25) is 0 Å². The number of ether oxygens (including phenoxy) is 2. The highest BCUT2D eigenvalue weighted by molar-refractivity contribution is 14.1. The van der Waals surface area contributed by atoms with Crippen molar-refractivity contribution in [3.05, 3.63) is 52.1 Å². The standard InChI is InChI=1S/C13H15IN2O2/c14-13-8-16(10-15-13)11-18-7-6-17-9-12-4-2-1-3-5-12/h1-5,8,10H,6-7,9,11H2. The zero-order valence-electron chi connectivity index (χ0n) is 9.96. The van der Waals surface area contributed by atoms with E-state index in [0.717, 1.165) is 3.70 Å². The smallest absolute Gasteiger partial charge is 0.123 e. The van der Waals surface area contributed by atoms with Crippen LogP contribution in [0.1, 0.15) is 5.56 Å². The first-order chi connectivity index (χ1) is 8.84. The highest BCUT2D eigenvalue weighted by Gasteiger charge is 1.95. The molecule has 0 aliphatic carbocycles. The second kappa shape index (κ2) is 7.50. The Morgan fingerprint density at radius 2 is 1.89 bits per heavy atom. The van der Waals surface area contributed by atoms with Crippen LogP contribution in [0.3, 0.4) is 0 Å². The fraction of sp³-hybridized carbons (Fsp3) is 0.308. The summed E-state index contributed by atoms with van der Waals surface area (Å²) in [5.74, 6) is 0. The lowest BCUT2D eigenvalue weighted by Gasteiger charge is -2.06. The van der Waals surface area contributed by atoms with Crippen molar-refractivity contribution < 1.29 is 9.47 Å². The number of hydrogen-bond acceptors (Lipinski definition) is 3. The third kappa shape index (κ3) is 4.75. The summed E-state index contributed by atoms with van der Waals surface area (Å²) in [6.45, 7) is 2.33. The highest BCUT2D eigenvalue weighted by atomic mass is 127. The first-order valence-electron chi connectivity index (χ1n) is 5.71. The van der Waals surface area contributed by atoms with Gasteiger partial charge in [-0.2, -0.15) is 0 Å². The van der Waals surface area contributed by atoms with Gasteiger partial charge in [0.25, 0.3) is 0 Å².